The number of carbonyl (C=O) groups is 1. The van der Waals surface area contributed by atoms with E-state index in [4.69, 9.17) is 0 Å². The molecule has 1 aliphatic carbocycles. The zero-order valence-electron chi connectivity index (χ0n) is 16.5. The van der Waals surface area contributed by atoms with Gasteiger partial charge in [0.2, 0.25) is 10.0 Å². The van der Waals surface area contributed by atoms with Crippen molar-refractivity contribution in [2.24, 2.45) is 0 Å². The van der Waals surface area contributed by atoms with Gasteiger partial charge in [0.15, 0.2) is 0 Å². The first-order valence-corrected chi connectivity index (χ1v) is 11.3. The average molecular weight is 401 g/mol. The van der Waals surface area contributed by atoms with Gasteiger partial charge in [0, 0.05) is 24.1 Å². The van der Waals surface area contributed by atoms with E-state index in [0.717, 1.165) is 31.2 Å². The minimum atomic E-state index is -3.60. The zero-order chi connectivity index (χ0) is 20.2. The predicted molar refractivity (Wildman–Crippen MR) is 111 cm³/mol. The van der Waals surface area contributed by atoms with E-state index < -0.39 is 10.0 Å². The number of benzene rings is 2. The molecule has 2 aromatic carbocycles. The van der Waals surface area contributed by atoms with E-state index in [-0.39, 0.29) is 16.2 Å². The Morgan fingerprint density at radius 3 is 2.39 bits per heavy atom. The molecule has 0 spiro atoms. The van der Waals surface area contributed by atoms with Crippen molar-refractivity contribution in [1.29, 1.82) is 0 Å². The molecule has 28 heavy (non-hydrogen) atoms. The van der Waals surface area contributed by atoms with Crippen LogP contribution >= 0.6 is 0 Å². The normalized spacial score (nSPS) is 16.1. The van der Waals surface area contributed by atoms with Crippen LogP contribution in [0.5, 0.6) is 0 Å². The number of carbonyl (C=O) groups excluding carboxylic acids is 1. The number of aryl methyl sites for hydroxylation is 1. The van der Waals surface area contributed by atoms with Gasteiger partial charge < -0.3 is 5.32 Å². The number of hydrogen-bond acceptors (Lipinski definition) is 3. The minimum absolute atomic E-state index is 0.0434. The van der Waals surface area contributed by atoms with E-state index in [1.54, 1.807) is 13.0 Å². The van der Waals surface area contributed by atoms with Crippen LogP contribution in [0.4, 0.5) is 0 Å². The van der Waals surface area contributed by atoms with Crippen LogP contribution in [0.25, 0.3) is 0 Å². The second-order valence-corrected chi connectivity index (χ2v) is 9.28. The SMILES string of the molecule is CCNS(=O)(=O)c1ccc(C)c(C(=O)NCC2(c3ccccc3)CCCC2)c1. The fraction of sp³-hybridized carbons (Fsp3) is 0.409. The number of rotatable bonds is 7. The van der Waals surface area contributed by atoms with Crippen molar-refractivity contribution in [3.63, 3.8) is 0 Å². The van der Waals surface area contributed by atoms with Crippen molar-refractivity contribution < 1.29 is 13.2 Å². The van der Waals surface area contributed by atoms with Gasteiger partial charge in [0.25, 0.3) is 5.91 Å². The van der Waals surface area contributed by atoms with Crippen molar-refractivity contribution in [1.82, 2.24) is 10.0 Å². The summed E-state index contributed by atoms with van der Waals surface area (Å²) in [6.45, 7) is 4.40. The molecule has 2 aromatic rings. The molecule has 0 atom stereocenters. The molecule has 1 amide bonds. The van der Waals surface area contributed by atoms with E-state index in [2.05, 4.69) is 22.2 Å². The molecule has 1 aliphatic rings. The summed E-state index contributed by atoms with van der Waals surface area (Å²) in [7, 11) is -3.60. The van der Waals surface area contributed by atoms with Gasteiger partial charge in [-0.3, -0.25) is 4.79 Å². The highest BCUT2D eigenvalue weighted by Gasteiger charge is 2.36. The molecule has 1 saturated carbocycles. The summed E-state index contributed by atoms with van der Waals surface area (Å²) in [5.74, 6) is -0.228. The Balaban J connectivity index is 1.81. The molecule has 5 nitrogen and oxygen atoms in total. The minimum Gasteiger partial charge on any atom is -0.351 e. The molecule has 150 valence electrons. The van der Waals surface area contributed by atoms with Gasteiger partial charge in [-0.2, -0.15) is 0 Å². The molecule has 0 aliphatic heterocycles. The zero-order valence-corrected chi connectivity index (χ0v) is 17.3. The van der Waals surface area contributed by atoms with Crippen molar-refractivity contribution in [2.75, 3.05) is 13.1 Å². The van der Waals surface area contributed by atoms with Gasteiger partial charge >= 0.3 is 0 Å². The molecule has 0 radical (unpaired) electrons. The van der Waals surface area contributed by atoms with Crippen molar-refractivity contribution in [3.8, 4) is 0 Å². The number of amides is 1. The maximum absolute atomic E-state index is 12.9. The highest BCUT2D eigenvalue weighted by Crippen LogP contribution is 2.40. The van der Waals surface area contributed by atoms with Crippen LogP contribution in [0.3, 0.4) is 0 Å². The number of hydrogen-bond donors (Lipinski definition) is 2. The van der Waals surface area contributed by atoms with E-state index in [0.29, 0.717) is 18.7 Å². The Kier molecular flexibility index (Phi) is 6.20. The second-order valence-electron chi connectivity index (χ2n) is 7.51. The fourth-order valence-corrected chi connectivity index (χ4v) is 5.11. The maximum Gasteiger partial charge on any atom is 0.251 e. The van der Waals surface area contributed by atoms with E-state index in [9.17, 15) is 13.2 Å². The van der Waals surface area contributed by atoms with Gasteiger partial charge in [-0.05, 0) is 43.0 Å². The summed E-state index contributed by atoms with van der Waals surface area (Å²) >= 11 is 0. The third-order valence-electron chi connectivity index (χ3n) is 5.63. The van der Waals surface area contributed by atoms with Crippen molar-refractivity contribution in [3.05, 3.63) is 65.2 Å². The second kappa shape index (κ2) is 8.45. The van der Waals surface area contributed by atoms with Gasteiger partial charge in [-0.25, -0.2) is 13.1 Å². The molecule has 6 heteroatoms. The third-order valence-corrected chi connectivity index (χ3v) is 7.18. The van der Waals surface area contributed by atoms with Crippen LogP contribution in [0.2, 0.25) is 0 Å². The lowest BCUT2D eigenvalue weighted by molar-refractivity contribution is 0.0942. The summed E-state index contributed by atoms with van der Waals surface area (Å²) in [6.07, 6.45) is 4.40. The monoisotopic (exact) mass is 400 g/mol. The van der Waals surface area contributed by atoms with Crippen LogP contribution in [0, 0.1) is 6.92 Å². The first kappa shape index (κ1) is 20.6. The Labute approximate surface area is 167 Å². The van der Waals surface area contributed by atoms with Crippen LogP contribution in [-0.4, -0.2) is 27.4 Å². The van der Waals surface area contributed by atoms with Crippen molar-refractivity contribution in [2.45, 2.75) is 49.8 Å². The highest BCUT2D eigenvalue weighted by atomic mass is 32.2. The highest BCUT2D eigenvalue weighted by molar-refractivity contribution is 7.89. The molecule has 0 heterocycles. The lowest BCUT2D eigenvalue weighted by atomic mass is 9.79. The fourth-order valence-electron chi connectivity index (χ4n) is 4.04. The van der Waals surface area contributed by atoms with Gasteiger partial charge in [0.1, 0.15) is 0 Å². The molecule has 0 aromatic heterocycles. The largest absolute Gasteiger partial charge is 0.351 e. The summed E-state index contributed by atoms with van der Waals surface area (Å²) in [5, 5.41) is 3.08. The quantitative estimate of drug-likeness (QED) is 0.746. The van der Waals surface area contributed by atoms with Gasteiger partial charge in [0.05, 0.1) is 4.90 Å². The lowest BCUT2D eigenvalue weighted by Crippen LogP contribution is -2.39. The molecule has 0 saturated heterocycles. The van der Waals surface area contributed by atoms with E-state index in [1.807, 2.05) is 25.1 Å². The summed E-state index contributed by atoms with van der Waals surface area (Å²) in [5.41, 5.74) is 2.37. The first-order chi connectivity index (χ1) is 13.4. The number of nitrogens with one attached hydrogen (secondary N) is 2. The Bertz CT molecular complexity index is 934. The van der Waals surface area contributed by atoms with Crippen LogP contribution < -0.4 is 10.0 Å². The topological polar surface area (TPSA) is 75.3 Å². The van der Waals surface area contributed by atoms with Crippen molar-refractivity contribution >= 4 is 15.9 Å². The summed E-state index contributed by atoms with van der Waals surface area (Å²) in [4.78, 5) is 13.0. The molecule has 0 bridgehead atoms. The molecule has 3 rings (SSSR count). The average Bonchev–Trinajstić information content (AvgIpc) is 3.17. The van der Waals surface area contributed by atoms with Gasteiger partial charge in [-0.15, -0.1) is 0 Å². The summed E-state index contributed by atoms with van der Waals surface area (Å²) < 4.78 is 27.0. The third kappa shape index (κ3) is 4.28. The molecule has 0 unspecified atom stereocenters. The smallest absolute Gasteiger partial charge is 0.251 e. The van der Waals surface area contributed by atoms with Crippen LogP contribution in [0.1, 0.15) is 54.1 Å². The predicted octanol–water partition coefficient (Wildman–Crippen LogP) is 3.54. The Morgan fingerprint density at radius 1 is 1.07 bits per heavy atom. The molecular weight excluding hydrogens is 372 g/mol. The lowest BCUT2D eigenvalue weighted by Gasteiger charge is -2.30. The maximum atomic E-state index is 12.9. The molecule has 1 fully saturated rings. The van der Waals surface area contributed by atoms with Crippen LogP contribution in [-0.2, 0) is 15.4 Å². The molecular formula is C22H28N2O3S. The van der Waals surface area contributed by atoms with E-state index in [1.165, 1.54) is 17.7 Å². The first-order valence-electron chi connectivity index (χ1n) is 9.82. The van der Waals surface area contributed by atoms with Gasteiger partial charge in [-0.1, -0.05) is 56.2 Å². The standard InChI is InChI=1S/C22H28N2O3S/c1-3-24-28(26,27)19-12-11-17(2)20(15-19)21(25)23-16-22(13-7-8-14-22)18-9-5-4-6-10-18/h4-6,9-12,15,24H,3,7-8,13-14,16H2,1-2H3,(H,23,25). The Hall–Kier alpha value is -2.18. The molecule has 2 N–H and O–H groups in total. The Morgan fingerprint density at radius 2 is 1.75 bits per heavy atom. The van der Waals surface area contributed by atoms with Crippen LogP contribution in [0.15, 0.2) is 53.4 Å². The summed E-state index contributed by atoms with van der Waals surface area (Å²) in [6, 6.07) is 15.0. The number of sulfonamides is 1. The van der Waals surface area contributed by atoms with E-state index >= 15 is 0 Å².